The number of hydrogen-bond acceptors (Lipinski definition) is 3. The molecule has 1 fully saturated rings. The normalized spacial score (nSPS) is 17.1. The third kappa shape index (κ3) is 3.99. The van der Waals surface area contributed by atoms with Crippen molar-refractivity contribution in [3.8, 4) is 16.9 Å². The van der Waals surface area contributed by atoms with Crippen LogP contribution in [0.15, 0.2) is 42.5 Å². The first-order chi connectivity index (χ1) is 12.5. The first-order valence-electron chi connectivity index (χ1n) is 8.64. The number of nitrogens with two attached hydrogens (primary N) is 1. The molecule has 0 bridgehead atoms. The van der Waals surface area contributed by atoms with E-state index in [9.17, 15) is 14.7 Å². The van der Waals surface area contributed by atoms with Crippen molar-refractivity contribution in [2.75, 3.05) is 6.54 Å². The van der Waals surface area contributed by atoms with E-state index in [4.69, 9.17) is 17.3 Å². The van der Waals surface area contributed by atoms with Gasteiger partial charge in [-0.15, -0.1) is 0 Å². The summed E-state index contributed by atoms with van der Waals surface area (Å²) >= 11 is 6.00. The first-order valence-corrected chi connectivity index (χ1v) is 9.01. The molecular formula is C20H21ClN2O3. The second kappa shape index (κ2) is 7.79. The highest BCUT2D eigenvalue weighted by atomic mass is 35.5. The summed E-state index contributed by atoms with van der Waals surface area (Å²) in [4.78, 5) is 25.9. The van der Waals surface area contributed by atoms with E-state index in [-0.39, 0.29) is 30.0 Å². The van der Waals surface area contributed by atoms with Crippen molar-refractivity contribution >= 4 is 23.4 Å². The molecule has 5 nitrogen and oxygen atoms in total. The quantitative estimate of drug-likeness (QED) is 0.860. The molecule has 1 heterocycles. The lowest BCUT2D eigenvalue weighted by Crippen LogP contribution is -2.45. The summed E-state index contributed by atoms with van der Waals surface area (Å²) in [5.74, 6) is -0.356. The average Bonchev–Trinajstić information content (AvgIpc) is 2.63. The van der Waals surface area contributed by atoms with E-state index < -0.39 is 0 Å². The minimum Gasteiger partial charge on any atom is -0.507 e. The van der Waals surface area contributed by atoms with E-state index in [0.717, 1.165) is 24.8 Å². The second-order valence-electron chi connectivity index (χ2n) is 6.56. The number of aromatic hydroxyl groups is 1. The molecule has 2 aromatic rings. The molecule has 2 amide bonds. The Kier molecular flexibility index (Phi) is 5.47. The van der Waals surface area contributed by atoms with E-state index in [1.54, 1.807) is 47.4 Å². The van der Waals surface area contributed by atoms with Gasteiger partial charge in [0.2, 0.25) is 5.91 Å². The summed E-state index contributed by atoms with van der Waals surface area (Å²) < 4.78 is 0. The van der Waals surface area contributed by atoms with Gasteiger partial charge in [-0.1, -0.05) is 23.7 Å². The van der Waals surface area contributed by atoms with E-state index in [1.807, 2.05) is 0 Å². The minimum absolute atomic E-state index is 0.0992. The topological polar surface area (TPSA) is 83.6 Å². The Balaban J connectivity index is 1.82. The van der Waals surface area contributed by atoms with Crippen LogP contribution in [-0.2, 0) is 4.79 Å². The molecule has 0 unspecified atom stereocenters. The summed E-state index contributed by atoms with van der Waals surface area (Å²) in [5.41, 5.74) is 7.26. The third-order valence-corrected chi connectivity index (χ3v) is 4.96. The zero-order valence-electron chi connectivity index (χ0n) is 14.3. The summed E-state index contributed by atoms with van der Waals surface area (Å²) in [5, 5.41) is 10.5. The van der Waals surface area contributed by atoms with Crippen LogP contribution in [0.1, 0.15) is 36.0 Å². The monoisotopic (exact) mass is 372 g/mol. The van der Waals surface area contributed by atoms with E-state index in [0.29, 0.717) is 22.7 Å². The second-order valence-corrected chi connectivity index (χ2v) is 6.99. The van der Waals surface area contributed by atoms with Crippen LogP contribution >= 0.6 is 11.6 Å². The van der Waals surface area contributed by atoms with Crippen molar-refractivity contribution in [2.45, 2.75) is 31.7 Å². The van der Waals surface area contributed by atoms with Crippen LogP contribution in [0.25, 0.3) is 11.1 Å². The van der Waals surface area contributed by atoms with E-state index >= 15 is 0 Å². The number of likely N-dealkylation sites (tertiary alicyclic amines) is 1. The van der Waals surface area contributed by atoms with Gasteiger partial charge in [0.1, 0.15) is 5.75 Å². The lowest BCUT2D eigenvalue weighted by Gasteiger charge is -2.35. The van der Waals surface area contributed by atoms with Crippen molar-refractivity contribution in [1.29, 1.82) is 0 Å². The fourth-order valence-electron chi connectivity index (χ4n) is 3.41. The minimum atomic E-state index is -0.388. The molecule has 26 heavy (non-hydrogen) atoms. The number of phenols is 1. The van der Waals surface area contributed by atoms with Crippen LogP contribution in [0.2, 0.25) is 5.02 Å². The number of benzene rings is 2. The van der Waals surface area contributed by atoms with Crippen molar-refractivity contribution in [2.24, 2.45) is 5.73 Å². The molecule has 0 aromatic heterocycles. The number of amides is 2. The SMILES string of the molecule is NC(=O)C[C@@H]1CCCCN1C(=O)c1ccc(-c2cc(Cl)ccc2O)cc1. The van der Waals surface area contributed by atoms with Gasteiger partial charge in [-0.05, 0) is 55.2 Å². The smallest absolute Gasteiger partial charge is 0.254 e. The number of hydrogen-bond donors (Lipinski definition) is 2. The Labute approximate surface area is 157 Å². The standard InChI is InChI=1S/C20H21ClN2O3/c21-15-8-9-18(24)17(11-15)13-4-6-14(7-5-13)20(26)23-10-2-1-3-16(23)12-19(22)25/h4-9,11,16,24H,1-3,10,12H2,(H2,22,25)/t16-/m0/s1. The Hall–Kier alpha value is -2.53. The van der Waals surface area contributed by atoms with Gasteiger partial charge in [0, 0.05) is 35.2 Å². The zero-order chi connectivity index (χ0) is 18.7. The van der Waals surface area contributed by atoms with Gasteiger partial charge < -0.3 is 15.7 Å². The highest BCUT2D eigenvalue weighted by molar-refractivity contribution is 6.31. The molecule has 3 rings (SSSR count). The highest BCUT2D eigenvalue weighted by Gasteiger charge is 2.28. The Bertz CT molecular complexity index is 820. The van der Waals surface area contributed by atoms with E-state index in [2.05, 4.69) is 0 Å². The predicted molar refractivity (Wildman–Crippen MR) is 101 cm³/mol. The van der Waals surface area contributed by atoms with E-state index in [1.165, 1.54) is 0 Å². The van der Waals surface area contributed by atoms with Crippen molar-refractivity contribution in [1.82, 2.24) is 4.90 Å². The molecule has 0 spiro atoms. The first kappa shape index (κ1) is 18.3. The number of nitrogens with zero attached hydrogens (tertiary/aromatic N) is 1. The average molecular weight is 373 g/mol. The molecule has 1 aliphatic heterocycles. The fraction of sp³-hybridized carbons (Fsp3) is 0.300. The van der Waals surface area contributed by atoms with Gasteiger partial charge in [0.05, 0.1) is 0 Å². The van der Waals surface area contributed by atoms with Crippen LogP contribution < -0.4 is 5.73 Å². The van der Waals surface area contributed by atoms with Crippen LogP contribution in [0, 0.1) is 0 Å². The molecule has 0 aliphatic carbocycles. The summed E-state index contributed by atoms with van der Waals surface area (Å²) in [6.45, 7) is 0.633. The Morgan fingerprint density at radius 1 is 1.15 bits per heavy atom. The van der Waals surface area contributed by atoms with Crippen LogP contribution in [0.4, 0.5) is 0 Å². The fourth-order valence-corrected chi connectivity index (χ4v) is 3.58. The van der Waals surface area contributed by atoms with Gasteiger partial charge in [-0.25, -0.2) is 0 Å². The summed E-state index contributed by atoms with van der Waals surface area (Å²) in [7, 11) is 0. The van der Waals surface area contributed by atoms with Crippen molar-refractivity contribution < 1.29 is 14.7 Å². The molecule has 136 valence electrons. The highest BCUT2D eigenvalue weighted by Crippen LogP contribution is 2.32. The number of carbonyl (C=O) groups excluding carboxylic acids is 2. The molecular weight excluding hydrogens is 352 g/mol. The van der Waals surface area contributed by atoms with Crippen LogP contribution in [0.3, 0.4) is 0 Å². The van der Waals surface area contributed by atoms with Gasteiger partial charge in [0.25, 0.3) is 5.91 Å². The number of carbonyl (C=O) groups is 2. The summed E-state index contributed by atoms with van der Waals surface area (Å²) in [6, 6.07) is 11.7. The maximum Gasteiger partial charge on any atom is 0.254 e. The third-order valence-electron chi connectivity index (χ3n) is 4.73. The number of phenolic OH excluding ortho intramolecular Hbond substituents is 1. The van der Waals surface area contributed by atoms with Gasteiger partial charge in [0.15, 0.2) is 0 Å². The van der Waals surface area contributed by atoms with Crippen LogP contribution in [-0.4, -0.2) is 34.4 Å². The molecule has 1 aliphatic rings. The molecule has 1 atom stereocenters. The number of primary amides is 1. The van der Waals surface area contributed by atoms with Gasteiger partial charge in [-0.2, -0.15) is 0 Å². The molecule has 6 heteroatoms. The van der Waals surface area contributed by atoms with Crippen LogP contribution in [0.5, 0.6) is 5.75 Å². The molecule has 1 saturated heterocycles. The van der Waals surface area contributed by atoms with Crippen molar-refractivity contribution in [3.05, 3.63) is 53.1 Å². The number of rotatable bonds is 4. The molecule has 3 N–H and O–H groups in total. The Morgan fingerprint density at radius 2 is 1.88 bits per heavy atom. The predicted octanol–water partition coefficient (Wildman–Crippen LogP) is 3.58. The molecule has 2 aromatic carbocycles. The lowest BCUT2D eigenvalue weighted by molar-refractivity contribution is -0.119. The van der Waals surface area contributed by atoms with Gasteiger partial charge in [-0.3, -0.25) is 9.59 Å². The molecule has 0 radical (unpaired) electrons. The number of piperidine rings is 1. The largest absolute Gasteiger partial charge is 0.507 e. The number of halogens is 1. The zero-order valence-corrected chi connectivity index (χ0v) is 15.1. The Morgan fingerprint density at radius 3 is 2.58 bits per heavy atom. The summed E-state index contributed by atoms with van der Waals surface area (Å²) in [6.07, 6.45) is 2.91. The van der Waals surface area contributed by atoms with Gasteiger partial charge >= 0.3 is 0 Å². The maximum atomic E-state index is 12.9. The lowest BCUT2D eigenvalue weighted by atomic mass is 9.97. The van der Waals surface area contributed by atoms with Crippen molar-refractivity contribution in [3.63, 3.8) is 0 Å². The maximum absolute atomic E-state index is 12.9. The molecule has 0 saturated carbocycles.